The Labute approximate surface area is 117 Å². The van der Waals surface area contributed by atoms with Crippen LogP contribution in [0.15, 0.2) is 0 Å². The molecule has 0 radical (unpaired) electrons. The molecule has 112 valence electrons. The smallest absolute Gasteiger partial charge is 0.327 e. The van der Waals surface area contributed by atoms with Crippen LogP contribution in [0.3, 0.4) is 0 Å². The van der Waals surface area contributed by atoms with Crippen LogP contribution in [0, 0.1) is 0 Å². The maximum Gasteiger partial charge on any atom is 0.327 e. The van der Waals surface area contributed by atoms with Crippen molar-refractivity contribution in [3.05, 3.63) is 0 Å². The summed E-state index contributed by atoms with van der Waals surface area (Å²) in [5.74, 6) is -0.194. The Hall–Kier alpha value is -0.650. The highest BCUT2D eigenvalue weighted by atomic mass is 16.5. The molecule has 0 aromatic heterocycles. The molecule has 0 saturated carbocycles. The molecule has 1 rings (SSSR count). The first-order valence-electron chi connectivity index (χ1n) is 7.15. The van der Waals surface area contributed by atoms with Crippen LogP contribution in [0.5, 0.6) is 0 Å². The maximum absolute atomic E-state index is 11.9. The van der Waals surface area contributed by atoms with Gasteiger partial charge >= 0.3 is 5.97 Å². The molecule has 0 aliphatic carbocycles. The number of hydrogen-bond acceptors (Lipinski definition) is 5. The van der Waals surface area contributed by atoms with Crippen LogP contribution >= 0.6 is 0 Å². The molecule has 1 saturated heterocycles. The zero-order valence-electron chi connectivity index (χ0n) is 13.0. The van der Waals surface area contributed by atoms with Gasteiger partial charge in [-0.25, -0.2) is 0 Å². The molecule has 1 N–H and O–H groups in total. The SMILES string of the molecule is CCNC(C)(CN(C)CC1CCCN1C)C(=O)OC. The summed E-state index contributed by atoms with van der Waals surface area (Å²) in [4.78, 5) is 16.6. The van der Waals surface area contributed by atoms with E-state index in [1.165, 1.54) is 26.5 Å². The van der Waals surface area contributed by atoms with Gasteiger partial charge in [-0.2, -0.15) is 0 Å². The second-order valence-electron chi connectivity index (χ2n) is 5.83. The van der Waals surface area contributed by atoms with Crippen LogP contribution < -0.4 is 5.32 Å². The number of carbonyl (C=O) groups excluding carboxylic acids is 1. The zero-order chi connectivity index (χ0) is 14.5. The van der Waals surface area contributed by atoms with Gasteiger partial charge in [-0.1, -0.05) is 6.92 Å². The predicted molar refractivity (Wildman–Crippen MR) is 77.2 cm³/mol. The van der Waals surface area contributed by atoms with Crippen LogP contribution in [0.4, 0.5) is 0 Å². The zero-order valence-corrected chi connectivity index (χ0v) is 13.0. The van der Waals surface area contributed by atoms with E-state index in [-0.39, 0.29) is 5.97 Å². The molecule has 0 aromatic rings. The molecule has 1 fully saturated rings. The first kappa shape index (κ1) is 16.4. The molecule has 1 heterocycles. The quantitative estimate of drug-likeness (QED) is 0.685. The van der Waals surface area contributed by atoms with Crippen molar-refractivity contribution in [3.8, 4) is 0 Å². The molecule has 5 nitrogen and oxygen atoms in total. The minimum absolute atomic E-state index is 0.194. The monoisotopic (exact) mass is 271 g/mol. The number of carbonyl (C=O) groups is 1. The van der Waals surface area contributed by atoms with Crippen molar-refractivity contribution in [2.24, 2.45) is 0 Å². The number of likely N-dealkylation sites (tertiary alicyclic amines) is 1. The molecule has 1 aliphatic rings. The van der Waals surface area contributed by atoms with Crippen LogP contribution in [-0.2, 0) is 9.53 Å². The minimum atomic E-state index is -0.630. The Morgan fingerprint density at radius 3 is 2.74 bits per heavy atom. The fourth-order valence-corrected chi connectivity index (χ4v) is 2.98. The maximum atomic E-state index is 11.9. The topological polar surface area (TPSA) is 44.8 Å². The van der Waals surface area contributed by atoms with Gasteiger partial charge in [0.05, 0.1) is 7.11 Å². The minimum Gasteiger partial charge on any atom is -0.468 e. The van der Waals surface area contributed by atoms with Gasteiger partial charge in [0.2, 0.25) is 0 Å². The van der Waals surface area contributed by atoms with Crippen molar-refractivity contribution < 1.29 is 9.53 Å². The van der Waals surface area contributed by atoms with Gasteiger partial charge in [0.1, 0.15) is 5.54 Å². The first-order chi connectivity index (χ1) is 8.92. The Balaban J connectivity index is 2.55. The molecule has 2 atom stereocenters. The Bertz CT molecular complexity index is 298. The molecule has 5 heteroatoms. The third kappa shape index (κ3) is 4.44. The third-order valence-electron chi connectivity index (χ3n) is 3.98. The van der Waals surface area contributed by atoms with Gasteiger partial charge < -0.3 is 19.9 Å². The number of nitrogens with one attached hydrogen (secondary N) is 1. The fourth-order valence-electron chi connectivity index (χ4n) is 2.98. The van der Waals surface area contributed by atoms with Gasteiger partial charge in [0.15, 0.2) is 0 Å². The van der Waals surface area contributed by atoms with E-state index in [1.807, 2.05) is 13.8 Å². The number of esters is 1. The molecular formula is C14H29N3O2. The number of hydrogen-bond donors (Lipinski definition) is 1. The van der Waals surface area contributed by atoms with E-state index >= 15 is 0 Å². The molecule has 2 unspecified atom stereocenters. The molecule has 1 aliphatic heterocycles. The van der Waals surface area contributed by atoms with E-state index in [1.54, 1.807) is 0 Å². The van der Waals surface area contributed by atoms with Crippen LogP contribution in [-0.4, -0.2) is 74.7 Å². The summed E-state index contributed by atoms with van der Waals surface area (Å²) in [5, 5.41) is 3.25. The summed E-state index contributed by atoms with van der Waals surface area (Å²) in [5.41, 5.74) is -0.630. The normalized spacial score (nSPS) is 23.6. The molecular weight excluding hydrogens is 242 g/mol. The highest BCUT2D eigenvalue weighted by Gasteiger charge is 2.35. The highest BCUT2D eigenvalue weighted by molar-refractivity contribution is 5.80. The van der Waals surface area contributed by atoms with Crippen molar-refractivity contribution in [1.82, 2.24) is 15.1 Å². The van der Waals surface area contributed by atoms with Crippen molar-refractivity contribution in [3.63, 3.8) is 0 Å². The predicted octanol–water partition coefficient (Wildman–Crippen LogP) is 0.554. The second-order valence-corrected chi connectivity index (χ2v) is 5.83. The van der Waals surface area contributed by atoms with Gasteiger partial charge in [0.25, 0.3) is 0 Å². The fraction of sp³-hybridized carbons (Fsp3) is 0.929. The van der Waals surface area contributed by atoms with Gasteiger partial charge in [-0.05, 0) is 47.0 Å². The van der Waals surface area contributed by atoms with E-state index in [2.05, 4.69) is 29.2 Å². The Kier molecular flexibility index (Phi) is 6.23. The van der Waals surface area contributed by atoms with Crippen LogP contribution in [0.1, 0.15) is 26.7 Å². The van der Waals surface area contributed by atoms with Gasteiger partial charge in [-0.3, -0.25) is 4.79 Å². The lowest BCUT2D eigenvalue weighted by Gasteiger charge is -2.34. The van der Waals surface area contributed by atoms with Gasteiger partial charge in [-0.15, -0.1) is 0 Å². The average Bonchev–Trinajstić information content (AvgIpc) is 2.74. The highest BCUT2D eigenvalue weighted by Crippen LogP contribution is 2.17. The number of ether oxygens (including phenoxy) is 1. The first-order valence-corrected chi connectivity index (χ1v) is 7.15. The van der Waals surface area contributed by atoms with Crippen LogP contribution in [0.2, 0.25) is 0 Å². The largest absolute Gasteiger partial charge is 0.468 e. The lowest BCUT2D eigenvalue weighted by molar-refractivity contribution is -0.148. The van der Waals surface area contributed by atoms with E-state index < -0.39 is 5.54 Å². The second kappa shape index (κ2) is 7.22. The Morgan fingerprint density at radius 2 is 2.26 bits per heavy atom. The average molecular weight is 271 g/mol. The summed E-state index contributed by atoms with van der Waals surface area (Å²) in [6.07, 6.45) is 2.52. The van der Waals surface area contributed by atoms with Crippen molar-refractivity contribution >= 4 is 5.97 Å². The third-order valence-corrected chi connectivity index (χ3v) is 3.98. The Morgan fingerprint density at radius 1 is 1.58 bits per heavy atom. The number of nitrogens with zero attached hydrogens (tertiary/aromatic N) is 2. The van der Waals surface area contributed by atoms with Gasteiger partial charge in [0, 0.05) is 19.1 Å². The summed E-state index contributed by atoms with van der Waals surface area (Å²) in [6.45, 7) is 7.51. The van der Waals surface area contributed by atoms with Crippen LogP contribution in [0.25, 0.3) is 0 Å². The summed E-state index contributed by atoms with van der Waals surface area (Å²) in [7, 11) is 5.70. The molecule has 0 amide bonds. The van der Waals surface area contributed by atoms with E-state index in [9.17, 15) is 4.79 Å². The molecule has 0 spiro atoms. The lowest BCUT2D eigenvalue weighted by Crippen LogP contribution is -2.57. The van der Waals surface area contributed by atoms with Crippen molar-refractivity contribution in [1.29, 1.82) is 0 Å². The van der Waals surface area contributed by atoms with Crippen molar-refractivity contribution in [2.45, 2.75) is 38.3 Å². The lowest BCUT2D eigenvalue weighted by atomic mass is 10.0. The number of methoxy groups -OCH3 is 1. The van der Waals surface area contributed by atoms with E-state index in [4.69, 9.17) is 4.74 Å². The standard InChI is InChI=1S/C14H29N3O2/c1-6-15-14(2,13(18)19-5)11-16(3)10-12-8-7-9-17(12)4/h12,15H,6-11H2,1-5H3. The van der Waals surface area contributed by atoms with Crippen molar-refractivity contribution in [2.75, 3.05) is 47.4 Å². The van der Waals surface area contributed by atoms with E-state index in [0.717, 1.165) is 13.1 Å². The summed E-state index contributed by atoms with van der Waals surface area (Å²) < 4.78 is 4.92. The number of likely N-dealkylation sites (N-methyl/N-ethyl adjacent to an activating group) is 3. The molecule has 0 bridgehead atoms. The number of rotatable bonds is 7. The molecule has 0 aromatic carbocycles. The summed E-state index contributed by atoms with van der Waals surface area (Å²) >= 11 is 0. The molecule has 19 heavy (non-hydrogen) atoms. The summed E-state index contributed by atoms with van der Waals surface area (Å²) in [6, 6.07) is 0.605. The van der Waals surface area contributed by atoms with E-state index in [0.29, 0.717) is 12.6 Å².